The maximum absolute atomic E-state index is 13.9. The Balaban J connectivity index is 1.45. The van der Waals surface area contributed by atoms with Crippen molar-refractivity contribution in [3.63, 3.8) is 0 Å². The first kappa shape index (κ1) is 24.2. The van der Waals surface area contributed by atoms with Crippen LogP contribution in [-0.4, -0.2) is 38.8 Å². The molecule has 0 saturated carbocycles. The van der Waals surface area contributed by atoms with Crippen molar-refractivity contribution in [1.82, 2.24) is 14.5 Å². The van der Waals surface area contributed by atoms with Gasteiger partial charge in [0.2, 0.25) is 11.8 Å². The van der Waals surface area contributed by atoms with Gasteiger partial charge < -0.3 is 19.5 Å². The summed E-state index contributed by atoms with van der Waals surface area (Å²) < 4.78 is 6.95. The number of imidazole rings is 1. The van der Waals surface area contributed by atoms with Crippen molar-refractivity contribution >= 4 is 34.5 Å². The Bertz CT molecular complexity index is 1460. The number of fused-ring (bicyclic) bond motifs is 3. The van der Waals surface area contributed by atoms with E-state index < -0.39 is 12.0 Å². The van der Waals surface area contributed by atoms with Crippen LogP contribution in [0, 0.1) is 0 Å². The van der Waals surface area contributed by atoms with Gasteiger partial charge in [0.15, 0.2) is 0 Å². The highest BCUT2D eigenvalue weighted by Gasteiger charge is 2.40. The fourth-order valence-electron chi connectivity index (χ4n) is 4.82. The second-order valence-electron chi connectivity index (χ2n) is 9.03. The number of rotatable bonds is 7. The quantitative estimate of drug-likeness (QED) is 0.368. The molecule has 1 aromatic heterocycles. The number of carbonyl (C=O) groups is 3. The zero-order valence-electron chi connectivity index (χ0n) is 20.8. The Labute approximate surface area is 214 Å². The molecule has 8 heteroatoms. The predicted octanol–water partition coefficient (Wildman–Crippen LogP) is 4.89. The van der Waals surface area contributed by atoms with Gasteiger partial charge in [-0.25, -0.2) is 9.78 Å². The molecule has 0 spiro atoms. The average Bonchev–Trinajstić information content (AvgIpc) is 3.30. The van der Waals surface area contributed by atoms with Crippen LogP contribution in [0.4, 0.5) is 5.69 Å². The van der Waals surface area contributed by atoms with Crippen LogP contribution >= 0.6 is 0 Å². The van der Waals surface area contributed by atoms with E-state index in [1.807, 2.05) is 66.1 Å². The summed E-state index contributed by atoms with van der Waals surface area (Å²) in [5.41, 5.74) is 3.42. The normalized spacial score (nSPS) is 16.9. The molecule has 0 bridgehead atoms. The first-order chi connectivity index (χ1) is 18.0. The number of hydrogen-bond donors (Lipinski definition) is 1. The minimum absolute atomic E-state index is 0.0756. The maximum atomic E-state index is 13.9. The lowest BCUT2D eigenvalue weighted by molar-refractivity contribution is -0.142. The predicted molar refractivity (Wildman–Crippen MR) is 140 cm³/mol. The van der Waals surface area contributed by atoms with E-state index in [1.165, 1.54) is 0 Å². The Hall–Kier alpha value is -4.46. The molecule has 0 fully saturated rings. The topological polar surface area (TPSA) is 93.5 Å². The molecular formula is C29H28N4O4. The molecule has 0 aliphatic carbocycles. The molecule has 0 unspecified atom stereocenters. The fraction of sp³-hybridized carbons (Fsp3) is 0.241. The summed E-state index contributed by atoms with van der Waals surface area (Å²) in [6.45, 7) is 4.39. The van der Waals surface area contributed by atoms with Crippen molar-refractivity contribution in [1.29, 1.82) is 0 Å². The van der Waals surface area contributed by atoms with Crippen LogP contribution in [0.15, 0.2) is 78.9 Å². The average molecular weight is 497 g/mol. The zero-order chi connectivity index (χ0) is 25.9. The minimum atomic E-state index is -0.754. The molecule has 0 radical (unpaired) electrons. The monoisotopic (exact) mass is 496 g/mol. The number of nitrogens with zero attached hydrogens (tertiary/aromatic N) is 3. The van der Waals surface area contributed by atoms with Gasteiger partial charge >= 0.3 is 5.97 Å². The van der Waals surface area contributed by atoms with Gasteiger partial charge in [-0.15, -0.1) is 0 Å². The van der Waals surface area contributed by atoms with Crippen LogP contribution in [0.3, 0.4) is 0 Å². The molecule has 8 nitrogen and oxygen atoms in total. The first-order valence-electron chi connectivity index (χ1n) is 12.3. The van der Waals surface area contributed by atoms with Gasteiger partial charge in [-0.05, 0) is 49.7 Å². The fourth-order valence-corrected chi connectivity index (χ4v) is 4.82. The molecule has 1 aliphatic rings. The summed E-state index contributed by atoms with van der Waals surface area (Å²) >= 11 is 0. The molecule has 37 heavy (non-hydrogen) atoms. The van der Waals surface area contributed by atoms with E-state index in [0.29, 0.717) is 17.8 Å². The second-order valence-corrected chi connectivity index (χ2v) is 9.03. The second kappa shape index (κ2) is 10.3. The third kappa shape index (κ3) is 4.82. The van der Waals surface area contributed by atoms with E-state index >= 15 is 0 Å². The number of anilines is 1. The van der Waals surface area contributed by atoms with Crippen LogP contribution < -0.4 is 5.32 Å². The van der Waals surface area contributed by atoms with Crippen molar-refractivity contribution in [2.75, 3.05) is 11.9 Å². The summed E-state index contributed by atoms with van der Waals surface area (Å²) in [6.07, 6.45) is -0.0756. The van der Waals surface area contributed by atoms with Crippen molar-refractivity contribution in [2.24, 2.45) is 0 Å². The summed E-state index contributed by atoms with van der Waals surface area (Å²) in [5, 5.41) is 2.84. The Kier molecular flexibility index (Phi) is 6.72. The summed E-state index contributed by atoms with van der Waals surface area (Å²) in [4.78, 5) is 45.8. The first-order valence-corrected chi connectivity index (χ1v) is 12.3. The lowest BCUT2D eigenvalue weighted by Crippen LogP contribution is -2.45. The lowest BCUT2D eigenvalue weighted by Gasteiger charge is -2.38. The van der Waals surface area contributed by atoms with E-state index in [9.17, 15) is 14.4 Å². The largest absolute Gasteiger partial charge is 0.462 e. The van der Waals surface area contributed by atoms with Gasteiger partial charge in [-0.3, -0.25) is 9.59 Å². The number of benzene rings is 3. The number of ether oxygens (including phenoxy) is 1. The molecule has 1 N–H and O–H groups in total. The zero-order valence-corrected chi connectivity index (χ0v) is 20.8. The number of para-hydroxylation sites is 2. The molecular weight excluding hydrogens is 468 g/mol. The molecule has 0 saturated heterocycles. The van der Waals surface area contributed by atoms with Crippen molar-refractivity contribution in [3.8, 4) is 0 Å². The van der Waals surface area contributed by atoms with Crippen LogP contribution in [0.5, 0.6) is 0 Å². The van der Waals surface area contributed by atoms with Gasteiger partial charge in [-0.1, -0.05) is 48.5 Å². The van der Waals surface area contributed by atoms with Gasteiger partial charge in [-0.2, -0.15) is 0 Å². The molecule has 4 aromatic rings. The Morgan fingerprint density at radius 1 is 1.00 bits per heavy atom. The van der Waals surface area contributed by atoms with E-state index in [0.717, 1.165) is 22.4 Å². The lowest BCUT2D eigenvalue weighted by atomic mass is 10.0. The summed E-state index contributed by atoms with van der Waals surface area (Å²) in [7, 11) is 0. The number of amides is 2. The molecule has 2 amide bonds. The number of carbonyl (C=O) groups excluding carboxylic acids is 3. The van der Waals surface area contributed by atoms with Gasteiger partial charge in [0, 0.05) is 12.2 Å². The van der Waals surface area contributed by atoms with Crippen molar-refractivity contribution in [2.45, 2.75) is 38.9 Å². The van der Waals surface area contributed by atoms with E-state index in [-0.39, 0.29) is 30.9 Å². The van der Waals surface area contributed by atoms with Crippen LogP contribution in [-0.2, 0) is 20.9 Å². The summed E-state index contributed by atoms with van der Waals surface area (Å²) in [5.74, 6) is -0.181. The third-order valence-electron chi connectivity index (χ3n) is 6.58. The van der Waals surface area contributed by atoms with Gasteiger partial charge in [0.1, 0.15) is 11.9 Å². The van der Waals surface area contributed by atoms with Crippen LogP contribution in [0.1, 0.15) is 54.1 Å². The van der Waals surface area contributed by atoms with Gasteiger partial charge in [0.05, 0.1) is 35.7 Å². The number of nitrogens with one attached hydrogen (secondary N) is 1. The number of hydrogen-bond acceptors (Lipinski definition) is 5. The van der Waals surface area contributed by atoms with E-state index in [2.05, 4.69) is 5.32 Å². The molecule has 2 heterocycles. The summed E-state index contributed by atoms with van der Waals surface area (Å²) in [6, 6.07) is 23.0. The minimum Gasteiger partial charge on any atom is -0.462 e. The highest BCUT2D eigenvalue weighted by atomic mass is 16.5. The third-order valence-corrected chi connectivity index (χ3v) is 6.58. The van der Waals surface area contributed by atoms with Crippen LogP contribution in [0.2, 0.25) is 0 Å². The SMILES string of the molecule is CCOC(=O)c1cccc(NC(=O)C[C@@H]2C(=O)N(Cc3ccccc3)[C@@H](C)c3nc4ccccc4n32)c1. The van der Waals surface area contributed by atoms with Crippen molar-refractivity contribution in [3.05, 3.63) is 95.8 Å². The van der Waals surface area contributed by atoms with Crippen molar-refractivity contribution < 1.29 is 19.1 Å². The van der Waals surface area contributed by atoms with Crippen LogP contribution in [0.25, 0.3) is 11.0 Å². The molecule has 3 aromatic carbocycles. The maximum Gasteiger partial charge on any atom is 0.338 e. The highest BCUT2D eigenvalue weighted by molar-refractivity contribution is 5.97. The molecule has 1 aliphatic heterocycles. The van der Waals surface area contributed by atoms with E-state index in [4.69, 9.17) is 9.72 Å². The molecule has 188 valence electrons. The van der Waals surface area contributed by atoms with E-state index in [1.54, 1.807) is 36.1 Å². The molecule has 5 rings (SSSR count). The smallest absolute Gasteiger partial charge is 0.338 e. The molecule has 2 atom stereocenters. The van der Waals surface area contributed by atoms with Gasteiger partial charge in [0.25, 0.3) is 0 Å². The highest BCUT2D eigenvalue weighted by Crippen LogP contribution is 2.37. The standard InChI is InChI=1S/C29H28N4O4/c1-3-37-29(36)21-12-9-13-22(16-21)30-26(34)17-25-28(35)32(18-20-10-5-4-6-11-20)19(2)27-31-23-14-7-8-15-24(23)33(25)27/h4-16,19,25H,3,17-18H2,1-2H3,(H,30,34)/t19-,25+/m0/s1. The Morgan fingerprint density at radius 2 is 1.76 bits per heavy atom. The Morgan fingerprint density at radius 3 is 2.54 bits per heavy atom. The number of esters is 1. The number of aromatic nitrogens is 2.